The first kappa shape index (κ1) is 20.3. The van der Waals surface area contributed by atoms with Gasteiger partial charge in [-0.3, -0.25) is 5.10 Å². The number of aromatic amines is 1. The van der Waals surface area contributed by atoms with Crippen molar-refractivity contribution >= 4 is 40.1 Å². The van der Waals surface area contributed by atoms with Gasteiger partial charge in [0, 0.05) is 16.5 Å². The lowest BCUT2D eigenvalue weighted by atomic mass is 10.2. The lowest BCUT2D eigenvalue weighted by molar-refractivity contribution is 0.301. The van der Waals surface area contributed by atoms with Gasteiger partial charge < -0.3 is 15.6 Å². The molecule has 2 aromatic carbocycles. The van der Waals surface area contributed by atoms with E-state index in [0.29, 0.717) is 27.8 Å². The Kier molecular flexibility index (Phi) is 6.39. The van der Waals surface area contributed by atoms with Gasteiger partial charge >= 0.3 is 0 Å². The number of aromatic nitrogens is 3. The number of H-pyrrole nitrogens is 1. The quantitative estimate of drug-likeness (QED) is 0.435. The summed E-state index contributed by atoms with van der Waals surface area (Å²) in [6.45, 7) is 0.267. The van der Waals surface area contributed by atoms with Crippen LogP contribution < -0.4 is 10.5 Å². The topological polar surface area (TPSA) is 121 Å². The minimum absolute atomic E-state index is 0.0203. The lowest BCUT2D eigenvalue weighted by Crippen LogP contribution is -1.96. The van der Waals surface area contributed by atoms with Crippen molar-refractivity contribution < 1.29 is 9.84 Å². The van der Waals surface area contributed by atoms with E-state index < -0.39 is 0 Å². The molecule has 0 aliphatic heterocycles. The molecule has 4 N–H and O–H groups in total. The van der Waals surface area contributed by atoms with Crippen LogP contribution in [0.1, 0.15) is 11.3 Å². The molecule has 2 aromatic heterocycles. The predicted octanol–water partition coefficient (Wildman–Crippen LogP) is 4.69. The molecule has 4 aromatic rings. The molecule has 0 fully saturated rings. The molecule has 0 saturated carbocycles. The third-order valence-electron chi connectivity index (χ3n) is 3.77. The number of halogens is 2. The van der Waals surface area contributed by atoms with Gasteiger partial charge in [-0.15, -0.1) is 0 Å². The van der Waals surface area contributed by atoms with E-state index in [4.69, 9.17) is 38.9 Å². The molecule has 0 aliphatic carbocycles. The van der Waals surface area contributed by atoms with Crippen molar-refractivity contribution in [2.45, 2.75) is 6.61 Å². The zero-order valence-corrected chi connectivity index (χ0v) is 16.4. The van der Waals surface area contributed by atoms with Gasteiger partial charge in [0.2, 0.25) is 0 Å². The number of fused-ring (bicyclic) bond motifs is 1. The van der Waals surface area contributed by atoms with Crippen LogP contribution in [0.2, 0.25) is 10.0 Å². The van der Waals surface area contributed by atoms with Crippen LogP contribution in [0.4, 0.5) is 5.82 Å². The number of nitrogen functional groups attached to an aromatic ring is 1. The van der Waals surface area contributed by atoms with E-state index in [1.165, 1.54) is 6.07 Å². The van der Waals surface area contributed by atoms with Gasteiger partial charge in [0.25, 0.3) is 0 Å². The zero-order chi connectivity index (χ0) is 20.8. The van der Waals surface area contributed by atoms with Crippen LogP contribution in [0.3, 0.4) is 0 Å². The van der Waals surface area contributed by atoms with Gasteiger partial charge in [-0.25, -0.2) is 4.98 Å². The molecule has 0 unspecified atom stereocenters. The van der Waals surface area contributed by atoms with Gasteiger partial charge in [-0.2, -0.15) is 10.4 Å². The van der Waals surface area contributed by atoms with Crippen molar-refractivity contribution in [3.63, 3.8) is 0 Å². The summed E-state index contributed by atoms with van der Waals surface area (Å²) in [5.41, 5.74) is 7.52. The summed E-state index contributed by atoms with van der Waals surface area (Å²) in [7, 11) is 0. The Morgan fingerprint density at radius 3 is 2.66 bits per heavy atom. The highest BCUT2D eigenvalue weighted by Gasteiger charge is 2.08. The molecule has 29 heavy (non-hydrogen) atoms. The van der Waals surface area contributed by atoms with Crippen molar-refractivity contribution in [3.8, 4) is 17.6 Å². The van der Waals surface area contributed by atoms with E-state index in [2.05, 4.69) is 15.2 Å². The largest absolute Gasteiger partial charge is 0.506 e. The molecule has 146 valence electrons. The Bertz CT molecular complexity index is 1190. The molecular weight excluding hydrogens is 413 g/mol. The van der Waals surface area contributed by atoms with Crippen molar-refractivity contribution in [2.24, 2.45) is 0 Å². The zero-order valence-electron chi connectivity index (χ0n) is 14.9. The number of hydrogen-bond acceptors (Lipinski definition) is 6. The maximum atomic E-state index is 9.50. The molecule has 0 aliphatic rings. The Hall–Kier alpha value is -3.47. The van der Waals surface area contributed by atoms with Crippen molar-refractivity contribution in [3.05, 3.63) is 75.9 Å². The fraction of sp³-hybridized carbons (Fsp3) is 0.0500. The number of nitrogens with one attached hydrogen (secondary N) is 1. The number of rotatable bonds is 3. The van der Waals surface area contributed by atoms with E-state index in [9.17, 15) is 5.11 Å². The molecule has 2 heterocycles. The maximum Gasteiger partial charge on any atom is 0.183 e. The number of phenols is 1. The van der Waals surface area contributed by atoms with Crippen molar-refractivity contribution in [1.82, 2.24) is 15.2 Å². The minimum Gasteiger partial charge on any atom is -0.506 e. The first-order valence-electron chi connectivity index (χ1n) is 8.32. The molecule has 7 nitrogen and oxygen atoms in total. The van der Waals surface area contributed by atoms with Crippen LogP contribution in [0, 0.1) is 11.3 Å². The summed E-state index contributed by atoms with van der Waals surface area (Å²) in [5, 5.41) is 26.5. The molecule has 0 spiro atoms. The molecule has 0 amide bonds. The summed E-state index contributed by atoms with van der Waals surface area (Å²) >= 11 is 11.3. The number of hydrogen-bond donors (Lipinski definition) is 3. The Labute approximate surface area is 176 Å². The van der Waals surface area contributed by atoms with Crippen molar-refractivity contribution in [2.75, 3.05) is 5.73 Å². The highest BCUT2D eigenvalue weighted by Crippen LogP contribution is 2.28. The number of aromatic hydroxyl groups is 1. The maximum absolute atomic E-state index is 9.50. The third kappa shape index (κ3) is 5.29. The van der Waals surface area contributed by atoms with Gasteiger partial charge in [-0.05, 0) is 42.5 Å². The average molecular weight is 428 g/mol. The normalized spacial score (nSPS) is 10.1. The lowest BCUT2D eigenvalue weighted by Gasteiger charge is -2.06. The monoisotopic (exact) mass is 427 g/mol. The molecular formula is C20H15Cl2N5O2. The number of nitrogens with two attached hydrogens (primary N) is 1. The van der Waals surface area contributed by atoms with Crippen LogP contribution in [-0.4, -0.2) is 20.3 Å². The second-order valence-corrected chi connectivity index (χ2v) is 6.68. The van der Waals surface area contributed by atoms with Gasteiger partial charge in [0.05, 0.1) is 22.3 Å². The standard InChI is InChI=1S/C13H11ClN4O2.C7H4ClN/c14-9-3-1-7(5-11(9)19)20-6-10-8-2-4-12(15)16-13(8)18-17-10;8-7-3-1-2-6(4-7)5-9/h1-5,19H,6H2,(H3,15,16,17,18);1-4H. The molecule has 0 atom stereocenters. The van der Waals surface area contributed by atoms with Crippen LogP contribution in [0.15, 0.2) is 54.6 Å². The minimum atomic E-state index is -0.0203. The fourth-order valence-electron chi connectivity index (χ4n) is 2.37. The second-order valence-electron chi connectivity index (χ2n) is 5.83. The summed E-state index contributed by atoms with van der Waals surface area (Å²) in [5.74, 6) is 0.908. The number of nitrogens with zero attached hydrogens (tertiary/aromatic N) is 3. The Morgan fingerprint density at radius 1 is 1.14 bits per heavy atom. The van der Waals surface area contributed by atoms with Gasteiger partial charge in [0.1, 0.15) is 23.9 Å². The van der Waals surface area contributed by atoms with E-state index in [-0.39, 0.29) is 17.4 Å². The highest BCUT2D eigenvalue weighted by molar-refractivity contribution is 6.32. The van der Waals surface area contributed by atoms with Gasteiger partial charge in [-0.1, -0.05) is 29.3 Å². The first-order valence-corrected chi connectivity index (χ1v) is 9.08. The highest BCUT2D eigenvalue weighted by atomic mass is 35.5. The van der Waals surface area contributed by atoms with Crippen LogP contribution in [0.25, 0.3) is 11.0 Å². The van der Waals surface area contributed by atoms with Crippen LogP contribution >= 0.6 is 23.2 Å². The van der Waals surface area contributed by atoms with Crippen LogP contribution in [-0.2, 0) is 6.61 Å². The fourth-order valence-corrected chi connectivity index (χ4v) is 2.68. The summed E-state index contributed by atoms with van der Waals surface area (Å²) in [4.78, 5) is 4.10. The molecule has 9 heteroatoms. The number of ether oxygens (including phenoxy) is 1. The number of pyridine rings is 1. The van der Waals surface area contributed by atoms with Crippen LogP contribution in [0.5, 0.6) is 11.5 Å². The molecule has 4 rings (SSSR count). The molecule has 0 radical (unpaired) electrons. The Balaban J connectivity index is 0.000000224. The third-order valence-corrected chi connectivity index (χ3v) is 4.33. The Morgan fingerprint density at radius 2 is 1.97 bits per heavy atom. The number of phenolic OH excluding ortho intramolecular Hbond substituents is 1. The van der Waals surface area contributed by atoms with Crippen molar-refractivity contribution in [1.29, 1.82) is 5.26 Å². The van der Waals surface area contributed by atoms with Gasteiger partial charge in [0.15, 0.2) is 5.65 Å². The SMILES string of the molecule is N#Cc1cccc(Cl)c1.Nc1ccc2c(COc3ccc(Cl)c(O)c3)[nH]nc2n1. The van der Waals surface area contributed by atoms with E-state index in [1.54, 1.807) is 42.5 Å². The summed E-state index contributed by atoms with van der Waals surface area (Å²) in [6, 6.07) is 17.1. The number of anilines is 1. The van der Waals surface area contributed by atoms with E-state index in [1.807, 2.05) is 12.1 Å². The average Bonchev–Trinajstić information content (AvgIpc) is 3.11. The van der Waals surface area contributed by atoms with E-state index in [0.717, 1.165) is 11.1 Å². The summed E-state index contributed by atoms with van der Waals surface area (Å²) < 4.78 is 5.58. The summed E-state index contributed by atoms with van der Waals surface area (Å²) in [6.07, 6.45) is 0. The predicted molar refractivity (Wildman–Crippen MR) is 112 cm³/mol. The number of benzene rings is 2. The first-order chi connectivity index (χ1) is 14.0. The number of nitriles is 1. The molecule has 0 bridgehead atoms. The van der Waals surface area contributed by atoms with E-state index >= 15 is 0 Å². The second kappa shape index (κ2) is 9.15. The smallest absolute Gasteiger partial charge is 0.183 e. The molecule has 0 saturated heterocycles.